The predicted octanol–water partition coefficient (Wildman–Crippen LogP) is 4.17. The molecule has 1 N–H and O–H groups in total. The van der Waals surface area contributed by atoms with Crippen molar-refractivity contribution in [3.05, 3.63) is 42.2 Å². The van der Waals surface area contributed by atoms with Gasteiger partial charge in [0.25, 0.3) is 0 Å². The molecule has 0 spiro atoms. The fraction of sp³-hybridized carbons (Fsp3) is 0.471. The monoisotopic (exact) mass is 286 g/mol. The molecule has 106 valence electrons. The molecular formula is C17H22N2S. The Morgan fingerprint density at radius 3 is 3.15 bits per heavy atom. The fourth-order valence-corrected chi connectivity index (χ4v) is 4.43. The van der Waals surface area contributed by atoms with Gasteiger partial charge >= 0.3 is 0 Å². The second-order valence-corrected chi connectivity index (χ2v) is 6.77. The van der Waals surface area contributed by atoms with Crippen LogP contribution >= 0.6 is 11.8 Å². The van der Waals surface area contributed by atoms with E-state index in [0.717, 1.165) is 6.54 Å². The average molecular weight is 286 g/mol. The van der Waals surface area contributed by atoms with Gasteiger partial charge < -0.3 is 5.32 Å². The summed E-state index contributed by atoms with van der Waals surface area (Å²) in [6.07, 6.45) is 7.74. The Kier molecular flexibility index (Phi) is 4.58. The van der Waals surface area contributed by atoms with E-state index in [4.69, 9.17) is 0 Å². The van der Waals surface area contributed by atoms with E-state index in [1.165, 1.54) is 41.4 Å². The van der Waals surface area contributed by atoms with Gasteiger partial charge in [0.05, 0.1) is 0 Å². The van der Waals surface area contributed by atoms with Gasteiger partial charge in [0.2, 0.25) is 0 Å². The third-order valence-corrected chi connectivity index (χ3v) is 5.46. The van der Waals surface area contributed by atoms with Crippen molar-refractivity contribution in [2.24, 2.45) is 0 Å². The number of hydrogen-bond acceptors (Lipinski definition) is 3. The molecule has 1 fully saturated rings. The molecule has 0 saturated carbocycles. The lowest BCUT2D eigenvalue weighted by molar-refractivity contribution is 0.506. The molecule has 2 heterocycles. The van der Waals surface area contributed by atoms with Crippen molar-refractivity contribution in [3.8, 4) is 0 Å². The highest BCUT2D eigenvalue weighted by molar-refractivity contribution is 8.00. The number of hydrogen-bond donors (Lipinski definition) is 1. The highest BCUT2D eigenvalue weighted by Gasteiger charge is 2.27. The second kappa shape index (κ2) is 6.59. The molecule has 0 amide bonds. The Hall–Kier alpha value is -1.06. The van der Waals surface area contributed by atoms with Crippen LogP contribution in [0.2, 0.25) is 0 Å². The molecule has 2 aromatic rings. The van der Waals surface area contributed by atoms with Gasteiger partial charge in [-0.1, -0.05) is 25.1 Å². The standard InChI is InChI=1S/C17H22N2S/c1-2-9-19-17(16-7-4-11-20-16)15-6-3-5-13-12-18-10-8-14(13)15/h3,5-6,8,10,12,16-17,19H,2,4,7,9,11H2,1H3. The van der Waals surface area contributed by atoms with Gasteiger partial charge in [0.15, 0.2) is 0 Å². The summed E-state index contributed by atoms with van der Waals surface area (Å²) in [7, 11) is 0. The third-order valence-electron chi connectivity index (χ3n) is 4.00. The number of aromatic nitrogens is 1. The van der Waals surface area contributed by atoms with Gasteiger partial charge in [-0.3, -0.25) is 4.98 Å². The van der Waals surface area contributed by atoms with Crippen molar-refractivity contribution < 1.29 is 0 Å². The van der Waals surface area contributed by atoms with E-state index in [0.29, 0.717) is 11.3 Å². The molecule has 2 atom stereocenters. The summed E-state index contributed by atoms with van der Waals surface area (Å²) in [5.41, 5.74) is 1.44. The quantitative estimate of drug-likeness (QED) is 0.893. The van der Waals surface area contributed by atoms with Crippen LogP contribution < -0.4 is 5.32 Å². The minimum absolute atomic E-state index is 0.466. The first-order valence-corrected chi connectivity index (χ1v) is 8.62. The minimum Gasteiger partial charge on any atom is -0.309 e. The predicted molar refractivity (Wildman–Crippen MR) is 88.3 cm³/mol. The zero-order valence-corrected chi connectivity index (χ0v) is 12.8. The lowest BCUT2D eigenvalue weighted by Gasteiger charge is -2.26. The number of benzene rings is 1. The second-order valence-electron chi connectivity index (χ2n) is 5.43. The molecule has 2 unspecified atom stereocenters. The molecule has 0 bridgehead atoms. The topological polar surface area (TPSA) is 24.9 Å². The first-order chi connectivity index (χ1) is 9.90. The van der Waals surface area contributed by atoms with Crippen molar-refractivity contribution in [2.45, 2.75) is 37.5 Å². The number of nitrogens with one attached hydrogen (secondary N) is 1. The number of fused-ring (bicyclic) bond motifs is 1. The SMILES string of the molecule is CCCNC(c1cccc2cnccc12)C1CCCS1. The first-order valence-electron chi connectivity index (χ1n) is 7.58. The maximum absolute atomic E-state index is 4.25. The van der Waals surface area contributed by atoms with E-state index in [1.54, 1.807) is 0 Å². The lowest BCUT2D eigenvalue weighted by Crippen LogP contribution is -2.29. The summed E-state index contributed by atoms with van der Waals surface area (Å²) in [6.45, 7) is 3.32. The number of thioether (sulfide) groups is 1. The van der Waals surface area contributed by atoms with Gasteiger partial charge in [-0.15, -0.1) is 0 Å². The van der Waals surface area contributed by atoms with Crippen LogP contribution in [-0.2, 0) is 0 Å². The lowest BCUT2D eigenvalue weighted by atomic mass is 9.96. The van der Waals surface area contributed by atoms with Crippen LogP contribution in [0.4, 0.5) is 0 Å². The van der Waals surface area contributed by atoms with Crippen LogP contribution in [0, 0.1) is 0 Å². The molecular weight excluding hydrogens is 264 g/mol. The van der Waals surface area contributed by atoms with E-state index >= 15 is 0 Å². The summed E-state index contributed by atoms with van der Waals surface area (Å²) >= 11 is 2.13. The fourth-order valence-electron chi connectivity index (χ4n) is 3.03. The molecule has 0 radical (unpaired) electrons. The van der Waals surface area contributed by atoms with Gasteiger partial charge in [0, 0.05) is 29.1 Å². The number of rotatable bonds is 5. The van der Waals surface area contributed by atoms with Crippen LogP contribution in [0.3, 0.4) is 0 Å². The van der Waals surface area contributed by atoms with Crippen LogP contribution in [0.25, 0.3) is 10.8 Å². The van der Waals surface area contributed by atoms with Gasteiger partial charge in [-0.25, -0.2) is 0 Å². The molecule has 1 aliphatic heterocycles. The van der Waals surface area contributed by atoms with Crippen LogP contribution in [0.5, 0.6) is 0 Å². The first kappa shape index (κ1) is 13.9. The highest BCUT2D eigenvalue weighted by atomic mass is 32.2. The molecule has 1 aliphatic rings. The van der Waals surface area contributed by atoms with Crippen LogP contribution in [-0.4, -0.2) is 22.5 Å². The summed E-state index contributed by atoms with van der Waals surface area (Å²) in [6, 6.07) is 9.23. The maximum Gasteiger partial charge on any atom is 0.0446 e. The molecule has 20 heavy (non-hydrogen) atoms. The third kappa shape index (κ3) is 2.84. The average Bonchev–Trinajstić information content (AvgIpc) is 3.02. The van der Waals surface area contributed by atoms with E-state index in [-0.39, 0.29) is 0 Å². The Bertz CT molecular complexity index is 558. The Morgan fingerprint density at radius 1 is 1.40 bits per heavy atom. The number of nitrogens with zero attached hydrogens (tertiary/aromatic N) is 1. The Morgan fingerprint density at radius 2 is 2.35 bits per heavy atom. The summed E-state index contributed by atoms with van der Waals surface area (Å²) in [4.78, 5) is 4.25. The normalized spacial score (nSPS) is 20.4. The summed E-state index contributed by atoms with van der Waals surface area (Å²) in [5.74, 6) is 1.31. The largest absolute Gasteiger partial charge is 0.309 e. The van der Waals surface area contributed by atoms with E-state index in [9.17, 15) is 0 Å². The van der Waals surface area contributed by atoms with Gasteiger partial charge in [0.1, 0.15) is 0 Å². The van der Waals surface area contributed by atoms with Crippen molar-refractivity contribution in [1.29, 1.82) is 0 Å². The van der Waals surface area contributed by atoms with Gasteiger partial charge in [-0.05, 0) is 48.6 Å². The zero-order chi connectivity index (χ0) is 13.8. The highest BCUT2D eigenvalue weighted by Crippen LogP contribution is 2.38. The zero-order valence-electron chi connectivity index (χ0n) is 12.0. The minimum atomic E-state index is 0.466. The molecule has 3 rings (SSSR count). The van der Waals surface area contributed by atoms with Crippen LogP contribution in [0.1, 0.15) is 37.8 Å². The van der Waals surface area contributed by atoms with Crippen LogP contribution in [0.15, 0.2) is 36.7 Å². The van der Waals surface area contributed by atoms with E-state index in [2.05, 4.69) is 53.3 Å². The van der Waals surface area contributed by atoms with Gasteiger partial charge in [-0.2, -0.15) is 11.8 Å². The molecule has 2 nitrogen and oxygen atoms in total. The molecule has 1 saturated heterocycles. The smallest absolute Gasteiger partial charge is 0.0446 e. The van der Waals surface area contributed by atoms with Crippen molar-refractivity contribution >= 4 is 22.5 Å². The molecule has 1 aromatic carbocycles. The summed E-state index contributed by atoms with van der Waals surface area (Å²) < 4.78 is 0. The molecule has 0 aliphatic carbocycles. The molecule has 3 heteroatoms. The van der Waals surface area contributed by atoms with Crippen molar-refractivity contribution in [1.82, 2.24) is 10.3 Å². The van der Waals surface area contributed by atoms with E-state index < -0.39 is 0 Å². The summed E-state index contributed by atoms with van der Waals surface area (Å²) in [5, 5.41) is 7.08. The Labute approximate surface area is 125 Å². The van der Waals surface area contributed by atoms with Crippen molar-refractivity contribution in [3.63, 3.8) is 0 Å². The molecule has 1 aromatic heterocycles. The number of pyridine rings is 1. The Balaban J connectivity index is 1.99. The van der Waals surface area contributed by atoms with E-state index in [1.807, 2.05) is 12.4 Å². The van der Waals surface area contributed by atoms with Crippen molar-refractivity contribution in [2.75, 3.05) is 12.3 Å². The maximum atomic E-state index is 4.25.